The topological polar surface area (TPSA) is 103 Å². The van der Waals surface area contributed by atoms with Crippen molar-refractivity contribution < 1.29 is 14.3 Å². The van der Waals surface area contributed by atoms with Crippen LogP contribution in [0.2, 0.25) is 0 Å². The Labute approximate surface area is 218 Å². The molecule has 0 fully saturated rings. The van der Waals surface area contributed by atoms with Gasteiger partial charge in [-0.3, -0.25) is 14.2 Å². The molecule has 4 aromatic rings. The molecule has 11 heteroatoms. The van der Waals surface area contributed by atoms with E-state index in [4.69, 9.17) is 4.74 Å². The minimum absolute atomic E-state index is 0.215. The highest BCUT2D eigenvalue weighted by atomic mass is 79.9. The zero-order chi connectivity index (χ0) is 25.3. The van der Waals surface area contributed by atoms with E-state index in [1.807, 2.05) is 45.0 Å². The summed E-state index contributed by atoms with van der Waals surface area (Å²) in [4.78, 5) is 49.0. The summed E-state index contributed by atoms with van der Waals surface area (Å²) >= 11 is 5.93. The number of esters is 1. The number of halogens is 1. The van der Waals surface area contributed by atoms with Gasteiger partial charge in [-0.05, 0) is 37.5 Å². The Morgan fingerprint density at radius 2 is 1.89 bits per heavy atom. The number of benzene rings is 1. The molecule has 0 unspecified atom stereocenters. The normalized spacial score (nSPS) is 11.3. The fraction of sp³-hybridized carbons (Fsp3) is 0.292. The maximum atomic E-state index is 13.3. The summed E-state index contributed by atoms with van der Waals surface area (Å²) in [6, 6.07) is 7.72. The van der Waals surface area contributed by atoms with Crippen LogP contribution in [0.15, 0.2) is 39.9 Å². The molecule has 0 saturated carbocycles. The number of aromatic nitrogens is 3. The highest BCUT2D eigenvalue weighted by molar-refractivity contribution is 9.10. The fourth-order valence-corrected chi connectivity index (χ4v) is 5.62. The van der Waals surface area contributed by atoms with E-state index >= 15 is 0 Å². The molecule has 0 radical (unpaired) electrons. The van der Waals surface area contributed by atoms with E-state index in [-0.39, 0.29) is 23.2 Å². The lowest BCUT2D eigenvalue weighted by Gasteiger charge is -2.07. The summed E-state index contributed by atoms with van der Waals surface area (Å²) in [6.07, 6.45) is 1.38. The molecule has 3 aromatic heterocycles. The second kappa shape index (κ2) is 10.4. The zero-order valence-electron chi connectivity index (χ0n) is 19.5. The molecule has 35 heavy (non-hydrogen) atoms. The maximum Gasteiger partial charge on any atom is 0.350 e. The number of carbonyl (C=O) groups is 2. The highest BCUT2D eigenvalue weighted by Gasteiger charge is 2.20. The number of ether oxygens (including phenoxy) is 1. The predicted octanol–water partition coefficient (Wildman–Crippen LogP) is 5.41. The Hall–Kier alpha value is -2.89. The van der Waals surface area contributed by atoms with Gasteiger partial charge in [-0.25, -0.2) is 14.8 Å². The van der Waals surface area contributed by atoms with Gasteiger partial charge in [0.05, 0.1) is 24.0 Å². The number of anilines is 1. The lowest BCUT2D eigenvalue weighted by atomic mass is 10.0. The van der Waals surface area contributed by atoms with Crippen LogP contribution in [-0.4, -0.2) is 33.0 Å². The Morgan fingerprint density at radius 3 is 2.57 bits per heavy atom. The van der Waals surface area contributed by atoms with Crippen LogP contribution in [0.4, 0.5) is 5.13 Å². The highest BCUT2D eigenvalue weighted by Crippen LogP contribution is 2.35. The van der Waals surface area contributed by atoms with Crippen LogP contribution in [0.25, 0.3) is 21.3 Å². The van der Waals surface area contributed by atoms with E-state index in [0.29, 0.717) is 27.4 Å². The summed E-state index contributed by atoms with van der Waals surface area (Å²) in [5, 5.41) is 3.44. The van der Waals surface area contributed by atoms with Gasteiger partial charge >= 0.3 is 5.97 Å². The third-order valence-corrected chi connectivity index (χ3v) is 7.67. The SMILES string of the molecule is Cc1nc(NC(=O)Cn2cnc3sc(C)c(-c4ccc(Br)cc4)c3c2=O)sc1C(=O)OCC(C)C. The molecule has 0 aliphatic carbocycles. The van der Waals surface area contributed by atoms with Crippen LogP contribution >= 0.6 is 38.6 Å². The first-order valence-corrected chi connectivity index (χ1v) is 13.3. The molecule has 3 heterocycles. The van der Waals surface area contributed by atoms with Crippen molar-refractivity contribution in [1.29, 1.82) is 0 Å². The second-order valence-electron chi connectivity index (χ2n) is 8.37. The first-order valence-electron chi connectivity index (χ1n) is 10.8. The monoisotopic (exact) mass is 574 g/mol. The molecule has 8 nitrogen and oxygen atoms in total. The number of fused-ring (bicyclic) bond motifs is 1. The molecule has 0 aliphatic rings. The summed E-state index contributed by atoms with van der Waals surface area (Å²) in [5.74, 6) is -0.693. The van der Waals surface area contributed by atoms with Crippen molar-refractivity contribution in [3.63, 3.8) is 0 Å². The summed E-state index contributed by atoms with van der Waals surface area (Å²) in [7, 11) is 0. The van der Waals surface area contributed by atoms with Crippen LogP contribution in [0, 0.1) is 19.8 Å². The zero-order valence-corrected chi connectivity index (χ0v) is 22.8. The Bertz CT molecular complexity index is 1470. The van der Waals surface area contributed by atoms with E-state index in [2.05, 4.69) is 31.2 Å². The van der Waals surface area contributed by atoms with Gasteiger partial charge in [-0.2, -0.15) is 0 Å². The number of nitrogens with zero attached hydrogens (tertiary/aromatic N) is 3. The van der Waals surface area contributed by atoms with Crippen LogP contribution in [0.5, 0.6) is 0 Å². The van der Waals surface area contributed by atoms with Crippen LogP contribution in [0.3, 0.4) is 0 Å². The Morgan fingerprint density at radius 1 is 1.17 bits per heavy atom. The molecular formula is C24H23BrN4O4S2. The third kappa shape index (κ3) is 5.52. The smallest absolute Gasteiger partial charge is 0.350 e. The van der Waals surface area contributed by atoms with Crippen molar-refractivity contribution in [3.8, 4) is 11.1 Å². The lowest BCUT2D eigenvalue weighted by Crippen LogP contribution is -2.27. The lowest BCUT2D eigenvalue weighted by molar-refractivity contribution is -0.116. The molecule has 4 rings (SSSR count). The van der Waals surface area contributed by atoms with Crippen LogP contribution in [0.1, 0.15) is 34.1 Å². The van der Waals surface area contributed by atoms with Crippen LogP contribution in [-0.2, 0) is 16.1 Å². The van der Waals surface area contributed by atoms with Crippen molar-refractivity contribution >= 4 is 65.8 Å². The molecule has 0 aliphatic heterocycles. The minimum Gasteiger partial charge on any atom is -0.461 e. The molecule has 182 valence electrons. The van der Waals surface area contributed by atoms with E-state index in [1.54, 1.807) is 6.92 Å². The Balaban J connectivity index is 1.56. The first kappa shape index (κ1) is 25.2. The number of hydrogen-bond donors (Lipinski definition) is 1. The minimum atomic E-state index is -0.464. The Kier molecular flexibility index (Phi) is 7.48. The van der Waals surface area contributed by atoms with Crippen molar-refractivity contribution in [1.82, 2.24) is 14.5 Å². The van der Waals surface area contributed by atoms with Gasteiger partial charge in [0, 0.05) is 14.9 Å². The molecule has 1 N–H and O–H groups in total. The number of hydrogen-bond acceptors (Lipinski definition) is 8. The molecule has 1 aromatic carbocycles. The van der Waals surface area contributed by atoms with Gasteiger partial charge in [0.25, 0.3) is 5.56 Å². The summed E-state index contributed by atoms with van der Waals surface area (Å²) in [6.45, 7) is 7.61. The van der Waals surface area contributed by atoms with Gasteiger partial charge in [-0.15, -0.1) is 11.3 Å². The standard InChI is InChI=1S/C24H23BrN4O4S2/c1-12(2)10-33-23(32)20-13(3)27-24(35-20)28-17(30)9-29-11-26-21-19(22(29)31)18(14(4)34-21)15-5-7-16(25)8-6-15/h5-8,11-12H,9-10H2,1-4H3,(H,27,28,30). The number of aryl methyl sites for hydroxylation is 2. The van der Waals surface area contributed by atoms with E-state index in [0.717, 1.165) is 31.8 Å². The molecule has 0 saturated heterocycles. The van der Waals surface area contributed by atoms with Gasteiger partial charge in [0.1, 0.15) is 16.3 Å². The fourth-order valence-electron chi connectivity index (χ4n) is 3.47. The number of amides is 1. The van der Waals surface area contributed by atoms with Crippen molar-refractivity contribution in [3.05, 3.63) is 60.9 Å². The van der Waals surface area contributed by atoms with E-state index in [9.17, 15) is 14.4 Å². The molecule has 0 bridgehead atoms. The van der Waals surface area contributed by atoms with Crippen LogP contribution < -0.4 is 10.9 Å². The van der Waals surface area contributed by atoms with E-state index in [1.165, 1.54) is 22.2 Å². The summed E-state index contributed by atoms with van der Waals surface area (Å²) in [5.41, 5.74) is 1.92. The molecule has 0 atom stereocenters. The molecule has 0 spiro atoms. The van der Waals surface area contributed by atoms with Crippen molar-refractivity contribution in [2.45, 2.75) is 34.2 Å². The quantitative estimate of drug-likeness (QED) is 0.296. The third-order valence-electron chi connectivity index (χ3n) is 5.08. The number of nitrogens with one attached hydrogen (secondary N) is 1. The average molecular weight is 576 g/mol. The number of thiophene rings is 1. The summed E-state index contributed by atoms with van der Waals surface area (Å²) < 4.78 is 7.49. The number of thiazole rings is 1. The first-order chi connectivity index (χ1) is 16.6. The second-order valence-corrected chi connectivity index (χ2v) is 11.5. The predicted molar refractivity (Wildman–Crippen MR) is 142 cm³/mol. The maximum absolute atomic E-state index is 13.3. The molecular weight excluding hydrogens is 552 g/mol. The largest absolute Gasteiger partial charge is 0.461 e. The van der Waals surface area contributed by atoms with Gasteiger partial charge in [-0.1, -0.05) is 53.2 Å². The van der Waals surface area contributed by atoms with Crippen molar-refractivity contribution in [2.24, 2.45) is 5.92 Å². The van der Waals surface area contributed by atoms with Gasteiger partial charge in [0.2, 0.25) is 5.91 Å². The number of rotatable bonds is 7. The van der Waals surface area contributed by atoms with Crippen molar-refractivity contribution in [2.75, 3.05) is 11.9 Å². The number of carbonyl (C=O) groups excluding carboxylic acids is 2. The average Bonchev–Trinajstić information content (AvgIpc) is 3.33. The van der Waals surface area contributed by atoms with Gasteiger partial charge < -0.3 is 10.1 Å². The molecule has 1 amide bonds. The van der Waals surface area contributed by atoms with E-state index < -0.39 is 11.9 Å². The van der Waals surface area contributed by atoms with Gasteiger partial charge in [0.15, 0.2) is 5.13 Å².